The zero-order chi connectivity index (χ0) is 15.2. The summed E-state index contributed by atoms with van der Waals surface area (Å²) in [6.07, 6.45) is 4.11. The zero-order valence-electron chi connectivity index (χ0n) is 13.3. The van der Waals surface area contributed by atoms with E-state index in [-0.39, 0.29) is 5.97 Å². The molecule has 1 aliphatic rings. The highest BCUT2D eigenvalue weighted by Gasteiger charge is 2.24. The highest BCUT2D eigenvalue weighted by Crippen LogP contribution is 2.21. The molecule has 0 spiro atoms. The van der Waals surface area contributed by atoms with Crippen molar-refractivity contribution in [2.45, 2.75) is 58.2 Å². The summed E-state index contributed by atoms with van der Waals surface area (Å²) >= 11 is 0. The molecule has 1 saturated heterocycles. The smallest absolute Gasteiger partial charge is 0.309 e. The van der Waals surface area contributed by atoms with Crippen LogP contribution in [0.25, 0.3) is 0 Å². The Balaban J connectivity index is 2.00. The lowest BCUT2D eigenvalue weighted by Crippen LogP contribution is -2.51. The average Bonchev–Trinajstić information content (AvgIpc) is 2.48. The first-order valence-corrected chi connectivity index (χ1v) is 7.77. The molecule has 21 heavy (non-hydrogen) atoms. The van der Waals surface area contributed by atoms with E-state index in [2.05, 4.69) is 30.3 Å². The molecular weight excluding hydrogens is 264 g/mol. The van der Waals surface area contributed by atoms with E-state index < -0.39 is 0 Å². The third-order valence-electron chi connectivity index (χ3n) is 4.33. The van der Waals surface area contributed by atoms with Gasteiger partial charge in [0, 0.05) is 18.6 Å². The fourth-order valence-electron chi connectivity index (χ4n) is 3.04. The molecule has 4 nitrogen and oxygen atoms in total. The average molecular weight is 290 g/mol. The monoisotopic (exact) mass is 290 g/mol. The number of nitrogens with zero attached hydrogens (tertiary/aromatic N) is 1. The first-order valence-electron chi connectivity index (χ1n) is 7.77. The van der Waals surface area contributed by atoms with Crippen LogP contribution in [-0.4, -0.2) is 30.2 Å². The fraction of sp³-hybridized carbons (Fsp3) is 0.588. The number of hydrogen-bond donors (Lipinski definition) is 1. The molecule has 116 valence electrons. The van der Waals surface area contributed by atoms with Crippen LogP contribution in [0, 0.1) is 0 Å². The van der Waals surface area contributed by atoms with E-state index in [1.54, 1.807) is 0 Å². The number of benzene rings is 1. The molecule has 2 atom stereocenters. The van der Waals surface area contributed by atoms with E-state index in [0.29, 0.717) is 18.5 Å². The summed E-state index contributed by atoms with van der Waals surface area (Å²) in [6.45, 7) is 5.29. The molecule has 0 saturated carbocycles. The van der Waals surface area contributed by atoms with E-state index in [9.17, 15) is 4.79 Å². The van der Waals surface area contributed by atoms with Crippen molar-refractivity contribution < 1.29 is 9.53 Å². The third kappa shape index (κ3) is 4.29. The second-order valence-corrected chi connectivity index (χ2v) is 5.89. The van der Waals surface area contributed by atoms with Gasteiger partial charge in [0.1, 0.15) is 0 Å². The minimum atomic E-state index is -0.192. The lowest BCUT2D eigenvalue weighted by molar-refractivity contribution is -0.139. The Morgan fingerprint density at radius 2 is 1.86 bits per heavy atom. The van der Waals surface area contributed by atoms with E-state index in [1.807, 2.05) is 18.2 Å². The summed E-state index contributed by atoms with van der Waals surface area (Å²) in [7, 11) is 1.43. The van der Waals surface area contributed by atoms with Crippen molar-refractivity contribution in [3.8, 4) is 0 Å². The predicted octanol–water partition coefficient (Wildman–Crippen LogP) is 2.67. The van der Waals surface area contributed by atoms with E-state index in [0.717, 1.165) is 17.7 Å². The second-order valence-electron chi connectivity index (χ2n) is 5.89. The molecule has 1 N–H and O–H groups in total. The number of nitrogens with one attached hydrogen (secondary N) is 1. The molecule has 1 aliphatic heterocycles. The Hall–Kier alpha value is -1.39. The molecule has 1 aromatic carbocycles. The molecule has 0 radical (unpaired) electrons. The standard InChI is InChI=1S/C17H26N2O2/c1-13-7-6-8-14(2)19(13)18-12-16-10-5-4-9-15(16)11-17(20)21-3/h4-5,9-10,13-14,18H,6-8,11-12H2,1-3H3. The summed E-state index contributed by atoms with van der Waals surface area (Å²) in [6, 6.07) is 9.17. The van der Waals surface area contributed by atoms with E-state index in [4.69, 9.17) is 4.74 Å². The van der Waals surface area contributed by atoms with Crippen molar-refractivity contribution in [1.29, 1.82) is 0 Å². The number of carbonyl (C=O) groups excluding carboxylic acids is 1. The first kappa shape index (κ1) is 16.0. The number of hydrogen-bond acceptors (Lipinski definition) is 4. The minimum Gasteiger partial charge on any atom is -0.469 e. The van der Waals surface area contributed by atoms with Gasteiger partial charge in [0.2, 0.25) is 0 Å². The van der Waals surface area contributed by atoms with Gasteiger partial charge >= 0.3 is 5.97 Å². The van der Waals surface area contributed by atoms with Gasteiger partial charge in [-0.05, 0) is 37.8 Å². The Labute approximate surface area is 127 Å². The van der Waals surface area contributed by atoms with Crippen molar-refractivity contribution in [1.82, 2.24) is 10.4 Å². The number of hydrazine groups is 1. The normalized spacial score (nSPS) is 23.0. The predicted molar refractivity (Wildman–Crippen MR) is 83.6 cm³/mol. The largest absolute Gasteiger partial charge is 0.469 e. The van der Waals surface area contributed by atoms with E-state index >= 15 is 0 Å². The van der Waals surface area contributed by atoms with Gasteiger partial charge in [-0.3, -0.25) is 10.2 Å². The van der Waals surface area contributed by atoms with Crippen LogP contribution in [0.1, 0.15) is 44.2 Å². The Kier molecular flexibility index (Phi) is 5.76. The summed E-state index contributed by atoms with van der Waals surface area (Å²) < 4.78 is 4.77. The quantitative estimate of drug-likeness (QED) is 0.847. The van der Waals surface area contributed by atoms with Crippen LogP contribution in [0.5, 0.6) is 0 Å². The van der Waals surface area contributed by atoms with Crippen molar-refractivity contribution in [3.05, 3.63) is 35.4 Å². The van der Waals surface area contributed by atoms with Crippen molar-refractivity contribution in [2.75, 3.05) is 7.11 Å². The molecule has 0 aromatic heterocycles. The SMILES string of the molecule is COC(=O)Cc1ccccc1CNN1C(C)CCCC1C. The molecule has 1 fully saturated rings. The van der Waals surface area contributed by atoms with Crippen LogP contribution >= 0.6 is 0 Å². The minimum absolute atomic E-state index is 0.192. The molecule has 1 aromatic rings. The molecule has 1 heterocycles. The molecular formula is C17H26N2O2. The molecule has 2 unspecified atom stereocenters. The summed E-state index contributed by atoms with van der Waals surface area (Å²) in [5.74, 6) is -0.192. The summed E-state index contributed by atoms with van der Waals surface area (Å²) in [5, 5.41) is 2.36. The van der Waals surface area contributed by atoms with Crippen LogP contribution in [0.15, 0.2) is 24.3 Å². The third-order valence-corrected chi connectivity index (χ3v) is 4.33. The topological polar surface area (TPSA) is 41.6 Å². The number of rotatable bonds is 5. The first-order chi connectivity index (χ1) is 10.1. The lowest BCUT2D eigenvalue weighted by atomic mass is 9.99. The van der Waals surface area contributed by atoms with E-state index in [1.165, 1.54) is 26.4 Å². The number of ether oxygens (including phenoxy) is 1. The van der Waals surface area contributed by atoms with Gasteiger partial charge in [-0.1, -0.05) is 30.7 Å². The van der Waals surface area contributed by atoms with Gasteiger partial charge in [-0.15, -0.1) is 0 Å². The molecule has 4 heteroatoms. The highest BCUT2D eigenvalue weighted by atomic mass is 16.5. The lowest BCUT2D eigenvalue weighted by Gasteiger charge is -2.39. The highest BCUT2D eigenvalue weighted by molar-refractivity contribution is 5.72. The van der Waals surface area contributed by atoms with Crippen LogP contribution in [0.2, 0.25) is 0 Å². The van der Waals surface area contributed by atoms with Gasteiger partial charge < -0.3 is 4.74 Å². The van der Waals surface area contributed by atoms with Crippen LogP contribution < -0.4 is 5.43 Å². The maximum absolute atomic E-state index is 11.5. The van der Waals surface area contributed by atoms with Crippen molar-refractivity contribution >= 4 is 5.97 Å². The maximum Gasteiger partial charge on any atom is 0.309 e. The van der Waals surface area contributed by atoms with Gasteiger partial charge in [0.05, 0.1) is 13.5 Å². The molecule has 0 amide bonds. The maximum atomic E-state index is 11.5. The second kappa shape index (κ2) is 7.57. The summed E-state index contributed by atoms with van der Waals surface area (Å²) in [5.41, 5.74) is 5.75. The number of carbonyl (C=O) groups is 1. The van der Waals surface area contributed by atoms with Gasteiger partial charge in [0.15, 0.2) is 0 Å². The Morgan fingerprint density at radius 3 is 2.48 bits per heavy atom. The zero-order valence-corrected chi connectivity index (χ0v) is 13.3. The fourth-order valence-corrected chi connectivity index (χ4v) is 3.04. The number of methoxy groups -OCH3 is 1. The van der Waals surface area contributed by atoms with Crippen molar-refractivity contribution in [3.63, 3.8) is 0 Å². The number of piperidine rings is 1. The molecule has 2 rings (SSSR count). The molecule has 0 aliphatic carbocycles. The van der Waals surface area contributed by atoms with Crippen LogP contribution in [0.4, 0.5) is 0 Å². The van der Waals surface area contributed by atoms with Gasteiger partial charge in [-0.2, -0.15) is 0 Å². The van der Waals surface area contributed by atoms with Gasteiger partial charge in [0.25, 0.3) is 0 Å². The van der Waals surface area contributed by atoms with Crippen LogP contribution in [-0.2, 0) is 22.5 Å². The van der Waals surface area contributed by atoms with Crippen molar-refractivity contribution in [2.24, 2.45) is 0 Å². The molecule has 0 bridgehead atoms. The Bertz CT molecular complexity index is 466. The number of esters is 1. The summed E-state index contributed by atoms with van der Waals surface area (Å²) in [4.78, 5) is 11.5. The van der Waals surface area contributed by atoms with Crippen LogP contribution in [0.3, 0.4) is 0 Å². The Morgan fingerprint density at radius 1 is 1.24 bits per heavy atom. The van der Waals surface area contributed by atoms with Gasteiger partial charge in [-0.25, -0.2) is 5.01 Å².